The molecule has 1 aliphatic heterocycles. The van der Waals surface area contributed by atoms with E-state index in [2.05, 4.69) is 38.0 Å². The molecule has 0 saturated carbocycles. The number of rotatable bonds is 4. The van der Waals surface area contributed by atoms with Crippen molar-refractivity contribution in [3.8, 4) is 0 Å². The van der Waals surface area contributed by atoms with Crippen molar-refractivity contribution in [2.75, 3.05) is 31.1 Å². The Balaban J connectivity index is 1.54. The van der Waals surface area contributed by atoms with E-state index >= 15 is 0 Å². The van der Waals surface area contributed by atoms with E-state index in [4.69, 9.17) is 5.73 Å². The summed E-state index contributed by atoms with van der Waals surface area (Å²) >= 11 is 0. The number of nitrogens with two attached hydrogens (primary N) is 1. The lowest BCUT2D eigenvalue weighted by molar-refractivity contribution is 0.249. The molecular weight excluding hydrogens is 262 g/mol. The van der Waals surface area contributed by atoms with Gasteiger partial charge in [0.05, 0.1) is 0 Å². The van der Waals surface area contributed by atoms with Crippen molar-refractivity contribution in [1.29, 1.82) is 0 Å². The number of anilines is 1. The molecule has 0 unspecified atom stereocenters. The summed E-state index contributed by atoms with van der Waals surface area (Å²) in [6.07, 6.45) is 5.63. The van der Waals surface area contributed by atoms with Gasteiger partial charge in [-0.15, -0.1) is 0 Å². The average Bonchev–Trinajstić information content (AvgIpc) is 2.57. The van der Waals surface area contributed by atoms with Gasteiger partial charge in [-0.1, -0.05) is 12.1 Å². The molecule has 2 aromatic heterocycles. The van der Waals surface area contributed by atoms with Crippen molar-refractivity contribution in [2.45, 2.75) is 13.1 Å². The molecule has 3 heterocycles. The molecule has 1 saturated heterocycles. The van der Waals surface area contributed by atoms with Crippen molar-refractivity contribution in [1.82, 2.24) is 14.9 Å². The average molecular weight is 283 g/mol. The lowest BCUT2D eigenvalue weighted by Crippen LogP contribution is -2.46. The van der Waals surface area contributed by atoms with E-state index in [0.29, 0.717) is 6.54 Å². The fourth-order valence-electron chi connectivity index (χ4n) is 2.61. The summed E-state index contributed by atoms with van der Waals surface area (Å²) in [4.78, 5) is 13.5. The molecule has 2 N–H and O–H groups in total. The van der Waals surface area contributed by atoms with Crippen LogP contribution in [0.15, 0.2) is 42.9 Å². The number of pyridine rings is 2. The lowest BCUT2D eigenvalue weighted by atomic mass is 10.2. The van der Waals surface area contributed by atoms with E-state index in [1.54, 1.807) is 0 Å². The first-order chi connectivity index (χ1) is 10.3. The second-order valence-electron chi connectivity index (χ2n) is 5.35. The molecule has 1 fully saturated rings. The van der Waals surface area contributed by atoms with Gasteiger partial charge in [-0.25, -0.2) is 4.98 Å². The fraction of sp³-hybridized carbons (Fsp3) is 0.375. The van der Waals surface area contributed by atoms with Crippen LogP contribution >= 0.6 is 0 Å². The van der Waals surface area contributed by atoms with E-state index in [1.165, 1.54) is 5.56 Å². The molecule has 2 aromatic rings. The van der Waals surface area contributed by atoms with Gasteiger partial charge < -0.3 is 10.6 Å². The highest BCUT2D eigenvalue weighted by Gasteiger charge is 2.17. The van der Waals surface area contributed by atoms with Crippen molar-refractivity contribution < 1.29 is 0 Å². The largest absolute Gasteiger partial charge is 0.354 e. The third-order valence-electron chi connectivity index (χ3n) is 3.87. The van der Waals surface area contributed by atoms with Crippen LogP contribution in [-0.2, 0) is 13.1 Å². The maximum atomic E-state index is 5.60. The first-order valence-electron chi connectivity index (χ1n) is 7.36. The third kappa shape index (κ3) is 3.56. The number of piperazine rings is 1. The van der Waals surface area contributed by atoms with Crippen LogP contribution in [0.5, 0.6) is 0 Å². The van der Waals surface area contributed by atoms with Crippen molar-refractivity contribution >= 4 is 5.82 Å². The highest BCUT2D eigenvalue weighted by molar-refractivity contribution is 5.39. The molecule has 1 aliphatic rings. The molecule has 0 aliphatic carbocycles. The van der Waals surface area contributed by atoms with Crippen LogP contribution in [0.2, 0.25) is 0 Å². The second-order valence-corrected chi connectivity index (χ2v) is 5.35. The van der Waals surface area contributed by atoms with Crippen LogP contribution in [0.4, 0.5) is 5.82 Å². The molecule has 0 amide bonds. The summed E-state index contributed by atoms with van der Waals surface area (Å²) in [5.41, 5.74) is 7.96. The summed E-state index contributed by atoms with van der Waals surface area (Å²) in [7, 11) is 0. The second kappa shape index (κ2) is 6.65. The van der Waals surface area contributed by atoms with Gasteiger partial charge in [-0.05, 0) is 23.3 Å². The van der Waals surface area contributed by atoms with E-state index in [9.17, 15) is 0 Å². The normalized spacial score (nSPS) is 16.1. The molecular formula is C16H21N5. The summed E-state index contributed by atoms with van der Waals surface area (Å²) in [5.74, 6) is 1.05. The van der Waals surface area contributed by atoms with Crippen molar-refractivity contribution in [3.63, 3.8) is 0 Å². The van der Waals surface area contributed by atoms with E-state index in [1.807, 2.05) is 24.7 Å². The molecule has 0 atom stereocenters. The summed E-state index contributed by atoms with van der Waals surface area (Å²) in [6, 6.07) is 8.25. The maximum absolute atomic E-state index is 5.60. The number of hydrogen-bond donors (Lipinski definition) is 1. The summed E-state index contributed by atoms with van der Waals surface area (Å²) < 4.78 is 0. The Morgan fingerprint density at radius 3 is 2.48 bits per heavy atom. The van der Waals surface area contributed by atoms with Crippen LogP contribution in [-0.4, -0.2) is 41.0 Å². The van der Waals surface area contributed by atoms with Crippen molar-refractivity contribution in [2.24, 2.45) is 5.73 Å². The van der Waals surface area contributed by atoms with Gasteiger partial charge in [0.1, 0.15) is 5.82 Å². The highest BCUT2D eigenvalue weighted by atomic mass is 15.3. The molecule has 5 heteroatoms. The van der Waals surface area contributed by atoms with Crippen LogP contribution < -0.4 is 10.6 Å². The minimum Gasteiger partial charge on any atom is -0.354 e. The Morgan fingerprint density at radius 2 is 1.86 bits per heavy atom. The molecule has 0 radical (unpaired) electrons. The quantitative estimate of drug-likeness (QED) is 0.915. The lowest BCUT2D eigenvalue weighted by Gasteiger charge is -2.35. The molecule has 5 nitrogen and oxygen atoms in total. The zero-order chi connectivity index (χ0) is 14.5. The van der Waals surface area contributed by atoms with Gasteiger partial charge in [0.2, 0.25) is 0 Å². The Labute approximate surface area is 125 Å². The van der Waals surface area contributed by atoms with Gasteiger partial charge in [0, 0.05) is 57.9 Å². The first-order valence-corrected chi connectivity index (χ1v) is 7.36. The number of nitrogens with zero attached hydrogens (tertiary/aromatic N) is 4. The molecule has 110 valence electrons. The first kappa shape index (κ1) is 14.0. The van der Waals surface area contributed by atoms with Gasteiger partial charge in [0.25, 0.3) is 0 Å². The zero-order valence-electron chi connectivity index (χ0n) is 12.2. The van der Waals surface area contributed by atoms with Crippen LogP contribution in [0.1, 0.15) is 11.1 Å². The molecule has 0 bridgehead atoms. The smallest absolute Gasteiger partial charge is 0.128 e. The fourth-order valence-corrected chi connectivity index (χ4v) is 2.61. The molecule has 0 spiro atoms. The topological polar surface area (TPSA) is 58.3 Å². The SMILES string of the molecule is NCc1ccc(N2CCN(Cc3cccnc3)CC2)nc1. The maximum Gasteiger partial charge on any atom is 0.128 e. The predicted molar refractivity (Wildman–Crippen MR) is 83.9 cm³/mol. The minimum atomic E-state index is 0.548. The third-order valence-corrected chi connectivity index (χ3v) is 3.87. The van der Waals surface area contributed by atoms with Crippen molar-refractivity contribution in [3.05, 3.63) is 54.0 Å². The van der Waals surface area contributed by atoms with Gasteiger partial charge in [-0.3, -0.25) is 9.88 Å². The predicted octanol–water partition coefficient (Wildman–Crippen LogP) is 1.26. The van der Waals surface area contributed by atoms with E-state index < -0.39 is 0 Å². The number of hydrogen-bond acceptors (Lipinski definition) is 5. The minimum absolute atomic E-state index is 0.548. The van der Waals surface area contributed by atoms with E-state index in [0.717, 1.165) is 44.1 Å². The Morgan fingerprint density at radius 1 is 1.00 bits per heavy atom. The Kier molecular flexibility index (Phi) is 4.43. The van der Waals surface area contributed by atoms with Gasteiger partial charge in [-0.2, -0.15) is 0 Å². The van der Waals surface area contributed by atoms with E-state index in [-0.39, 0.29) is 0 Å². The van der Waals surface area contributed by atoms with Crippen LogP contribution in [0.3, 0.4) is 0 Å². The van der Waals surface area contributed by atoms with Crippen LogP contribution in [0, 0.1) is 0 Å². The Hall–Kier alpha value is -1.98. The molecule has 0 aromatic carbocycles. The highest BCUT2D eigenvalue weighted by Crippen LogP contribution is 2.15. The molecule has 3 rings (SSSR count). The zero-order valence-corrected chi connectivity index (χ0v) is 12.2. The van der Waals surface area contributed by atoms with Gasteiger partial charge >= 0.3 is 0 Å². The van der Waals surface area contributed by atoms with Crippen LogP contribution in [0.25, 0.3) is 0 Å². The molecule has 21 heavy (non-hydrogen) atoms. The summed E-state index contributed by atoms with van der Waals surface area (Å²) in [5, 5.41) is 0. The number of aromatic nitrogens is 2. The monoisotopic (exact) mass is 283 g/mol. The van der Waals surface area contributed by atoms with Gasteiger partial charge in [0.15, 0.2) is 0 Å². The Bertz CT molecular complexity index is 547. The standard InChI is InChI=1S/C16H21N5/c17-10-14-3-4-16(19-12-14)21-8-6-20(7-9-21)13-15-2-1-5-18-11-15/h1-5,11-12H,6-10,13,17H2. The summed E-state index contributed by atoms with van der Waals surface area (Å²) in [6.45, 7) is 5.64.